The van der Waals surface area contributed by atoms with Gasteiger partial charge in [0.1, 0.15) is 0 Å². The number of carboxylic acid groups (broad SMARTS) is 2. The van der Waals surface area contributed by atoms with E-state index < -0.39 is 29.9 Å². The molecule has 6 heteroatoms. The number of hydrogen-bond acceptors (Lipinski definition) is 4. The molecule has 0 radical (unpaired) electrons. The Bertz CT molecular complexity index is 258. The van der Waals surface area contributed by atoms with Gasteiger partial charge in [-0.3, -0.25) is 9.59 Å². The van der Waals surface area contributed by atoms with E-state index in [1.807, 2.05) is 0 Å². The second kappa shape index (κ2) is 3.42. The van der Waals surface area contributed by atoms with E-state index in [0.29, 0.717) is 0 Å². The van der Waals surface area contributed by atoms with Crippen LogP contribution in [0.1, 0.15) is 12.8 Å². The molecule has 0 unspecified atom stereocenters. The zero-order chi connectivity index (χ0) is 10.0. The van der Waals surface area contributed by atoms with Gasteiger partial charge in [0.05, 0.1) is 12.8 Å². The zero-order valence-electron chi connectivity index (χ0n) is 6.60. The van der Waals surface area contributed by atoms with E-state index in [0.717, 1.165) is 0 Å². The van der Waals surface area contributed by atoms with Crippen molar-refractivity contribution in [3.8, 4) is 0 Å². The normalized spacial score (nSPS) is 26.9. The quantitative estimate of drug-likeness (QED) is 0.578. The molecule has 0 aromatic rings. The number of hydrogen-bond donors (Lipinski definition) is 2. The maximum Gasteiger partial charge on any atom is 0.345 e. The molecule has 2 atom stereocenters. The second-order valence-corrected chi connectivity index (χ2v) is 2.81. The molecule has 1 saturated heterocycles. The van der Waals surface area contributed by atoms with Gasteiger partial charge in [0.2, 0.25) is 6.10 Å². The predicted molar refractivity (Wildman–Crippen MR) is 37.9 cm³/mol. The third-order valence-corrected chi connectivity index (χ3v) is 1.80. The van der Waals surface area contributed by atoms with Crippen LogP contribution < -0.4 is 0 Å². The third-order valence-electron chi connectivity index (χ3n) is 1.80. The minimum absolute atomic E-state index is 0.136. The van der Waals surface area contributed by atoms with Crippen molar-refractivity contribution in [1.29, 1.82) is 0 Å². The van der Waals surface area contributed by atoms with Crippen LogP contribution in [0.15, 0.2) is 0 Å². The molecule has 1 aliphatic rings. The largest absolute Gasteiger partial charge is 0.481 e. The van der Waals surface area contributed by atoms with Crippen LogP contribution >= 0.6 is 0 Å². The zero-order valence-corrected chi connectivity index (χ0v) is 6.60. The smallest absolute Gasteiger partial charge is 0.345 e. The van der Waals surface area contributed by atoms with Gasteiger partial charge in [-0.1, -0.05) is 0 Å². The standard InChI is InChI=1S/C7H8O6/c8-4(9)1-3-2-5(10)13-6(3)7(11)12/h3,6H,1-2H2,(H,8,9)(H,11,12)/t3-,6-/m1/s1. The van der Waals surface area contributed by atoms with E-state index in [9.17, 15) is 14.4 Å². The molecule has 0 bridgehead atoms. The lowest BCUT2D eigenvalue weighted by molar-refractivity contribution is -0.158. The number of rotatable bonds is 3. The number of aliphatic carboxylic acids is 2. The highest BCUT2D eigenvalue weighted by Crippen LogP contribution is 2.25. The Labute approximate surface area is 73.1 Å². The van der Waals surface area contributed by atoms with Crippen LogP contribution in [0.5, 0.6) is 0 Å². The number of carbonyl (C=O) groups is 3. The summed E-state index contributed by atoms with van der Waals surface area (Å²) in [5.74, 6) is -3.83. The molecular formula is C7H8O6. The number of carbonyl (C=O) groups excluding carboxylic acids is 1. The Morgan fingerprint density at radius 2 is 2.08 bits per heavy atom. The van der Waals surface area contributed by atoms with E-state index in [-0.39, 0.29) is 12.8 Å². The summed E-state index contributed by atoms with van der Waals surface area (Å²) in [7, 11) is 0. The molecule has 0 saturated carbocycles. The summed E-state index contributed by atoms with van der Waals surface area (Å²) in [6, 6.07) is 0. The molecule has 6 nitrogen and oxygen atoms in total. The fourth-order valence-corrected chi connectivity index (χ4v) is 1.26. The number of carboxylic acids is 2. The van der Waals surface area contributed by atoms with Crippen LogP contribution in [0, 0.1) is 5.92 Å². The van der Waals surface area contributed by atoms with Gasteiger partial charge in [0.25, 0.3) is 0 Å². The van der Waals surface area contributed by atoms with Gasteiger partial charge in [0.15, 0.2) is 0 Å². The lowest BCUT2D eigenvalue weighted by Gasteiger charge is -2.09. The Morgan fingerprint density at radius 1 is 1.46 bits per heavy atom. The molecule has 72 valence electrons. The van der Waals surface area contributed by atoms with Gasteiger partial charge >= 0.3 is 17.9 Å². The Kier molecular flexibility index (Phi) is 2.50. The van der Waals surface area contributed by atoms with Crippen LogP contribution in [0.25, 0.3) is 0 Å². The van der Waals surface area contributed by atoms with E-state index in [1.54, 1.807) is 0 Å². The molecule has 0 amide bonds. The van der Waals surface area contributed by atoms with Gasteiger partial charge in [-0.15, -0.1) is 0 Å². The minimum atomic E-state index is -1.30. The summed E-state index contributed by atoms with van der Waals surface area (Å²) in [5, 5.41) is 16.9. The second-order valence-electron chi connectivity index (χ2n) is 2.81. The highest BCUT2D eigenvalue weighted by Gasteiger charge is 2.40. The highest BCUT2D eigenvalue weighted by atomic mass is 16.6. The van der Waals surface area contributed by atoms with Crippen molar-refractivity contribution in [1.82, 2.24) is 0 Å². The number of ether oxygens (including phenoxy) is 1. The molecule has 1 rings (SSSR count). The van der Waals surface area contributed by atoms with Crippen LogP contribution in [-0.2, 0) is 19.1 Å². The number of cyclic esters (lactones) is 1. The summed E-state index contributed by atoms with van der Waals surface area (Å²) >= 11 is 0. The molecule has 2 N–H and O–H groups in total. The maximum absolute atomic E-state index is 10.7. The van der Waals surface area contributed by atoms with Gasteiger partial charge in [-0.2, -0.15) is 0 Å². The molecule has 13 heavy (non-hydrogen) atoms. The molecule has 0 aliphatic carbocycles. The molecule has 0 aromatic heterocycles. The molecule has 1 fully saturated rings. The van der Waals surface area contributed by atoms with Gasteiger partial charge in [-0.25, -0.2) is 4.79 Å². The summed E-state index contributed by atoms with van der Waals surface area (Å²) < 4.78 is 4.43. The molecule has 1 aliphatic heterocycles. The van der Waals surface area contributed by atoms with Gasteiger partial charge < -0.3 is 14.9 Å². The van der Waals surface area contributed by atoms with Gasteiger partial charge in [0, 0.05) is 5.92 Å². The first kappa shape index (κ1) is 9.50. The van der Waals surface area contributed by atoms with E-state index >= 15 is 0 Å². The average Bonchev–Trinajstić information content (AvgIpc) is 2.29. The van der Waals surface area contributed by atoms with E-state index in [1.165, 1.54) is 0 Å². The van der Waals surface area contributed by atoms with Crippen molar-refractivity contribution in [2.75, 3.05) is 0 Å². The van der Waals surface area contributed by atoms with Crippen molar-refractivity contribution in [3.05, 3.63) is 0 Å². The van der Waals surface area contributed by atoms with Crippen molar-refractivity contribution in [3.63, 3.8) is 0 Å². The van der Waals surface area contributed by atoms with Gasteiger partial charge in [-0.05, 0) is 0 Å². The first-order valence-electron chi connectivity index (χ1n) is 3.65. The lowest BCUT2D eigenvalue weighted by atomic mass is 9.98. The van der Waals surface area contributed by atoms with E-state index in [4.69, 9.17) is 10.2 Å². The lowest BCUT2D eigenvalue weighted by Crippen LogP contribution is -2.27. The molecule has 0 spiro atoms. The van der Waals surface area contributed by atoms with Crippen LogP contribution in [0.3, 0.4) is 0 Å². The summed E-state index contributed by atoms with van der Waals surface area (Å²) in [6.07, 6.45) is -1.80. The summed E-state index contributed by atoms with van der Waals surface area (Å²) in [6.45, 7) is 0. The van der Waals surface area contributed by atoms with Crippen LogP contribution in [0.2, 0.25) is 0 Å². The first-order chi connectivity index (χ1) is 6.00. The average molecular weight is 188 g/mol. The Morgan fingerprint density at radius 3 is 2.54 bits per heavy atom. The Hall–Kier alpha value is -1.59. The monoisotopic (exact) mass is 188 g/mol. The number of esters is 1. The maximum atomic E-state index is 10.7. The Balaban J connectivity index is 2.66. The topological polar surface area (TPSA) is 101 Å². The minimum Gasteiger partial charge on any atom is -0.481 e. The van der Waals surface area contributed by atoms with Crippen molar-refractivity contribution >= 4 is 17.9 Å². The molecule has 0 aromatic carbocycles. The molecular weight excluding hydrogens is 180 g/mol. The summed E-state index contributed by atoms with van der Waals surface area (Å²) in [4.78, 5) is 31.4. The van der Waals surface area contributed by atoms with Crippen LogP contribution in [-0.4, -0.2) is 34.2 Å². The summed E-state index contributed by atoms with van der Waals surface area (Å²) in [5.41, 5.74) is 0. The molecule has 1 heterocycles. The van der Waals surface area contributed by atoms with E-state index in [2.05, 4.69) is 4.74 Å². The third kappa shape index (κ3) is 2.17. The van der Waals surface area contributed by atoms with Crippen molar-refractivity contribution in [2.24, 2.45) is 5.92 Å². The SMILES string of the molecule is O=C(O)C[C@@H]1CC(=O)O[C@H]1C(=O)O. The first-order valence-corrected chi connectivity index (χ1v) is 3.65. The van der Waals surface area contributed by atoms with Crippen LogP contribution in [0.4, 0.5) is 0 Å². The highest BCUT2D eigenvalue weighted by molar-refractivity contribution is 5.83. The van der Waals surface area contributed by atoms with Crippen molar-refractivity contribution in [2.45, 2.75) is 18.9 Å². The predicted octanol–water partition coefficient (Wildman–Crippen LogP) is -0.523. The fraction of sp³-hybridized carbons (Fsp3) is 0.571. The van der Waals surface area contributed by atoms with Crippen molar-refractivity contribution < 1.29 is 29.3 Å². The fourth-order valence-electron chi connectivity index (χ4n) is 1.26.